The number of fused-ring (bicyclic) bond motifs is 1. The van der Waals surface area contributed by atoms with Crippen molar-refractivity contribution in [1.82, 2.24) is 4.90 Å². The molecule has 0 spiro atoms. The number of nitrogens with zero attached hydrogens (tertiary/aromatic N) is 1. The predicted octanol–water partition coefficient (Wildman–Crippen LogP) is 4.73. The Morgan fingerprint density at radius 1 is 1.07 bits per heavy atom. The predicted molar refractivity (Wildman–Crippen MR) is 116 cm³/mol. The highest BCUT2D eigenvalue weighted by Crippen LogP contribution is 2.34. The fraction of sp³-hybridized carbons (Fsp3) is 0.200. The highest BCUT2D eigenvalue weighted by atomic mass is 16.5. The summed E-state index contributed by atoms with van der Waals surface area (Å²) in [5, 5.41) is 2.93. The Morgan fingerprint density at radius 3 is 2.57 bits per heavy atom. The van der Waals surface area contributed by atoms with Gasteiger partial charge in [0.15, 0.2) is 0 Å². The lowest BCUT2D eigenvalue weighted by Crippen LogP contribution is -2.32. The molecule has 0 saturated heterocycles. The van der Waals surface area contributed by atoms with Crippen LogP contribution >= 0.6 is 0 Å². The highest BCUT2D eigenvalue weighted by Gasteiger charge is 2.34. The Kier molecular flexibility index (Phi) is 5.53. The number of nitrogens with one attached hydrogen (secondary N) is 1. The normalized spacial score (nSPS) is 13.7. The van der Waals surface area contributed by atoms with Gasteiger partial charge in [0.25, 0.3) is 5.91 Å². The van der Waals surface area contributed by atoms with Crippen LogP contribution < -0.4 is 10.1 Å². The third-order valence-corrected chi connectivity index (χ3v) is 5.42. The van der Waals surface area contributed by atoms with E-state index in [9.17, 15) is 9.59 Å². The second kappa shape index (κ2) is 8.41. The first-order valence-electron chi connectivity index (χ1n) is 9.94. The van der Waals surface area contributed by atoms with E-state index in [-0.39, 0.29) is 24.3 Å². The highest BCUT2D eigenvalue weighted by molar-refractivity contribution is 5.99. The van der Waals surface area contributed by atoms with Gasteiger partial charge in [0, 0.05) is 23.9 Å². The summed E-state index contributed by atoms with van der Waals surface area (Å²) in [6, 6.07) is 22.5. The van der Waals surface area contributed by atoms with Gasteiger partial charge in [0.2, 0.25) is 5.91 Å². The third-order valence-electron chi connectivity index (χ3n) is 5.42. The Labute approximate surface area is 176 Å². The van der Waals surface area contributed by atoms with Crippen LogP contribution in [0.3, 0.4) is 0 Å². The van der Waals surface area contributed by atoms with E-state index in [1.54, 1.807) is 18.1 Å². The maximum absolute atomic E-state index is 13.1. The summed E-state index contributed by atoms with van der Waals surface area (Å²) in [6.07, 6.45) is 0.167. The number of anilines is 1. The van der Waals surface area contributed by atoms with Gasteiger partial charge < -0.3 is 15.0 Å². The molecule has 0 bridgehead atoms. The van der Waals surface area contributed by atoms with Crippen LogP contribution in [0.15, 0.2) is 72.8 Å². The largest absolute Gasteiger partial charge is 0.497 e. The van der Waals surface area contributed by atoms with Crippen LogP contribution in [0, 0.1) is 6.92 Å². The van der Waals surface area contributed by atoms with Crippen molar-refractivity contribution in [2.75, 3.05) is 12.4 Å². The first-order chi connectivity index (χ1) is 14.5. The Balaban J connectivity index is 1.59. The zero-order valence-electron chi connectivity index (χ0n) is 17.1. The fourth-order valence-electron chi connectivity index (χ4n) is 3.81. The summed E-state index contributed by atoms with van der Waals surface area (Å²) < 4.78 is 5.23. The van der Waals surface area contributed by atoms with E-state index in [4.69, 9.17) is 4.74 Å². The van der Waals surface area contributed by atoms with Crippen LogP contribution in [0.4, 0.5) is 5.69 Å². The number of carbonyl (C=O) groups is 2. The van der Waals surface area contributed by atoms with Crippen molar-refractivity contribution in [2.24, 2.45) is 0 Å². The van der Waals surface area contributed by atoms with Crippen molar-refractivity contribution < 1.29 is 14.3 Å². The summed E-state index contributed by atoms with van der Waals surface area (Å²) in [5.41, 5.74) is 4.45. The van der Waals surface area contributed by atoms with Crippen molar-refractivity contribution in [3.8, 4) is 5.75 Å². The van der Waals surface area contributed by atoms with Gasteiger partial charge in [-0.25, -0.2) is 0 Å². The first kappa shape index (κ1) is 19.7. The van der Waals surface area contributed by atoms with Gasteiger partial charge in [-0.1, -0.05) is 54.1 Å². The lowest BCUT2D eigenvalue weighted by molar-refractivity contribution is -0.117. The molecule has 5 heteroatoms. The lowest BCUT2D eigenvalue weighted by atomic mass is 10.00. The molecule has 0 unspecified atom stereocenters. The summed E-state index contributed by atoms with van der Waals surface area (Å²) in [4.78, 5) is 27.8. The molecule has 0 aromatic heterocycles. The maximum atomic E-state index is 13.1. The van der Waals surface area contributed by atoms with E-state index in [0.29, 0.717) is 23.5 Å². The zero-order valence-corrected chi connectivity index (χ0v) is 17.1. The minimum atomic E-state index is -0.351. The summed E-state index contributed by atoms with van der Waals surface area (Å²) in [6.45, 7) is 2.52. The number of benzene rings is 3. The number of hydrogen-bond donors (Lipinski definition) is 1. The van der Waals surface area contributed by atoms with Crippen molar-refractivity contribution >= 4 is 17.5 Å². The fourth-order valence-corrected chi connectivity index (χ4v) is 3.81. The van der Waals surface area contributed by atoms with Crippen molar-refractivity contribution in [1.29, 1.82) is 0 Å². The molecular weight excluding hydrogens is 376 g/mol. The van der Waals surface area contributed by atoms with E-state index >= 15 is 0 Å². The number of aryl methyl sites for hydroxylation is 1. The average molecular weight is 400 g/mol. The number of carbonyl (C=O) groups excluding carboxylic acids is 2. The van der Waals surface area contributed by atoms with E-state index < -0.39 is 0 Å². The molecule has 0 saturated carbocycles. The third kappa shape index (κ3) is 4.06. The second-order valence-corrected chi connectivity index (χ2v) is 7.50. The minimum absolute atomic E-state index is 0.0367. The monoisotopic (exact) mass is 400 g/mol. The van der Waals surface area contributed by atoms with Crippen LogP contribution in [0.5, 0.6) is 5.75 Å². The molecule has 1 atom stereocenters. The van der Waals surface area contributed by atoms with Crippen LogP contribution in [0.2, 0.25) is 0 Å². The first-order valence-corrected chi connectivity index (χ1v) is 9.94. The van der Waals surface area contributed by atoms with E-state index in [1.807, 2.05) is 73.7 Å². The number of amides is 2. The van der Waals surface area contributed by atoms with Crippen LogP contribution in [0.1, 0.15) is 39.5 Å². The second-order valence-electron chi connectivity index (χ2n) is 7.50. The molecule has 152 valence electrons. The van der Waals surface area contributed by atoms with Crippen molar-refractivity contribution in [3.63, 3.8) is 0 Å². The summed E-state index contributed by atoms with van der Waals surface area (Å²) in [5.74, 6) is 0.482. The SMILES string of the molecule is COc1cccc(NC(=O)C[C@H](c2ccc(C)cc2)N2Cc3ccccc3C2=O)c1. The molecule has 4 rings (SSSR count). The average Bonchev–Trinajstić information content (AvgIpc) is 3.09. The number of hydrogen-bond acceptors (Lipinski definition) is 3. The molecular formula is C25H24N2O3. The van der Waals surface area contributed by atoms with Crippen LogP contribution in [-0.2, 0) is 11.3 Å². The minimum Gasteiger partial charge on any atom is -0.497 e. The number of rotatable bonds is 6. The van der Waals surface area contributed by atoms with Gasteiger partial charge in [-0.05, 0) is 36.2 Å². The summed E-state index contributed by atoms with van der Waals surface area (Å²) >= 11 is 0. The molecule has 1 aliphatic rings. The van der Waals surface area contributed by atoms with E-state index in [0.717, 1.165) is 16.7 Å². The molecule has 2 amide bonds. The summed E-state index contributed by atoms with van der Waals surface area (Å²) in [7, 11) is 1.59. The topological polar surface area (TPSA) is 58.6 Å². The number of ether oxygens (including phenoxy) is 1. The Bertz CT molecular complexity index is 1080. The molecule has 0 aliphatic carbocycles. The van der Waals surface area contributed by atoms with Gasteiger partial charge in [0.1, 0.15) is 5.75 Å². The smallest absolute Gasteiger partial charge is 0.255 e. The van der Waals surface area contributed by atoms with Gasteiger partial charge >= 0.3 is 0 Å². The van der Waals surface area contributed by atoms with Gasteiger partial charge in [0.05, 0.1) is 19.6 Å². The van der Waals surface area contributed by atoms with Crippen molar-refractivity contribution in [2.45, 2.75) is 25.9 Å². The molecule has 0 fully saturated rings. The molecule has 1 heterocycles. The Morgan fingerprint density at radius 2 is 1.83 bits per heavy atom. The van der Waals surface area contributed by atoms with Crippen LogP contribution in [0.25, 0.3) is 0 Å². The van der Waals surface area contributed by atoms with E-state index in [1.165, 1.54) is 0 Å². The maximum Gasteiger partial charge on any atom is 0.255 e. The van der Waals surface area contributed by atoms with Gasteiger partial charge in [-0.15, -0.1) is 0 Å². The van der Waals surface area contributed by atoms with Crippen molar-refractivity contribution in [3.05, 3.63) is 95.1 Å². The molecule has 0 radical (unpaired) electrons. The van der Waals surface area contributed by atoms with E-state index in [2.05, 4.69) is 5.32 Å². The van der Waals surface area contributed by atoms with Crippen LogP contribution in [-0.4, -0.2) is 23.8 Å². The quantitative estimate of drug-likeness (QED) is 0.651. The lowest BCUT2D eigenvalue weighted by Gasteiger charge is -2.28. The molecule has 3 aromatic carbocycles. The molecule has 1 aliphatic heterocycles. The molecule has 5 nitrogen and oxygen atoms in total. The molecule has 3 aromatic rings. The van der Waals surface area contributed by atoms with Gasteiger partial charge in [-0.3, -0.25) is 9.59 Å². The Hall–Kier alpha value is -3.60. The zero-order chi connectivity index (χ0) is 21.1. The number of methoxy groups -OCH3 is 1. The van der Waals surface area contributed by atoms with Gasteiger partial charge in [-0.2, -0.15) is 0 Å². The standard InChI is InChI=1S/C25H24N2O3/c1-17-10-12-18(13-11-17)23(27-16-19-6-3-4-9-22(19)25(27)29)15-24(28)26-20-7-5-8-21(14-20)30-2/h3-14,23H,15-16H2,1-2H3,(H,26,28)/t23-/m1/s1. The molecule has 30 heavy (non-hydrogen) atoms. The molecule has 1 N–H and O–H groups in total.